The molecule has 0 bridgehead atoms. The summed E-state index contributed by atoms with van der Waals surface area (Å²) in [5, 5.41) is 0. The third kappa shape index (κ3) is 4.25. The molecule has 2 saturated heterocycles. The Hall–Kier alpha value is -1.78. The summed E-state index contributed by atoms with van der Waals surface area (Å²) in [6.45, 7) is 7.00. The smallest absolute Gasteiger partial charge is 0.0543 e. The molecule has 0 aromatic carbocycles. The normalized spacial score (nSPS) is 21.4. The fourth-order valence-corrected chi connectivity index (χ4v) is 4.34. The molecule has 0 atom stereocenters. The summed E-state index contributed by atoms with van der Waals surface area (Å²) < 4.78 is 0. The molecule has 4 heterocycles. The Kier molecular flexibility index (Phi) is 5.09. The highest BCUT2D eigenvalue weighted by atomic mass is 15.2. The molecule has 4 rings (SSSR count). The molecular weight excluding hydrogens is 308 g/mol. The van der Waals surface area contributed by atoms with Gasteiger partial charge in [-0.15, -0.1) is 0 Å². The van der Waals surface area contributed by atoms with Gasteiger partial charge in [0.25, 0.3) is 0 Å². The molecule has 2 aliphatic rings. The van der Waals surface area contributed by atoms with Crippen LogP contribution in [0.15, 0.2) is 48.9 Å². The average molecular weight is 336 g/mol. The Balaban J connectivity index is 1.25. The van der Waals surface area contributed by atoms with Crippen molar-refractivity contribution in [2.24, 2.45) is 5.41 Å². The van der Waals surface area contributed by atoms with Gasteiger partial charge in [0.05, 0.1) is 5.69 Å². The number of piperidine rings is 2. The molecule has 2 aliphatic heterocycles. The van der Waals surface area contributed by atoms with Gasteiger partial charge >= 0.3 is 0 Å². The Bertz CT molecular complexity index is 579. The van der Waals surface area contributed by atoms with Crippen LogP contribution in [0.1, 0.15) is 36.9 Å². The number of hydrogen-bond acceptors (Lipinski definition) is 4. The molecule has 2 aromatic heterocycles. The Morgan fingerprint density at radius 3 is 2.00 bits per heavy atom. The highest BCUT2D eigenvalue weighted by Crippen LogP contribution is 2.41. The van der Waals surface area contributed by atoms with Gasteiger partial charge in [-0.05, 0) is 87.1 Å². The molecule has 0 N–H and O–H groups in total. The first-order valence-electron chi connectivity index (χ1n) is 9.55. The number of nitrogens with zero attached hydrogens (tertiary/aromatic N) is 4. The van der Waals surface area contributed by atoms with Gasteiger partial charge in [0.2, 0.25) is 0 Å². The van der Waals surface area contributed by atoms with Gasteiger partial charge in [-0.25, -0.2) is 0 Å². The lowest BCUT2D eigenvalue weighted by Crippen LogP contribution is -2.46. The first-order chi connectivity index (χ1) is 12.3. The fraction of sp³-hybridized carbons (Fsp3) is 0.524. The van der Waals surface area contributed by atoms with Crippen LogP contribution in [0, 0.1) is 5.41 Å². The van der Waals surface area contributed by atoms with Crippen LogP contribution in [0.5, 0.6) is 0 Å². The van der Waals surface area contributed by atoms with Crippen LogP contribution in [0.25, 0.3) is 0 Å². The summed E-state index contributed by atoms with van der Waals surface area (Å²) in [6.07, 6.45) is 11.1. The van der Waals surface area contributed by atoms with Gasteiger partial charge in [-0.2, -0.15) is 0 Å². The zero-order valence-corrected chi connectivity index (χ0v) is 15.0. The van der Waals surface area contributed by atoms with Crippen LogP contribution in [0.4, 0.5) is 0 Å². The summed E-state index contributed by atoms with van der Waals surface area (Å²) in [7, 11) is 0. The molecule has 0 aliphatic carbocycles. The lowest BCUT2D eigenvalue weighted by Gasteiger charge is -2.47. The maximum absolute atomic E-state index is 4.47. The molecule has 0 saturated carbocycles. The molecule has 4 nitrogen and oxygen atoms in total. The first kappa shape index (κ1) is 16.7. The van der Waals surface area contributed by atoms with E-state index in [1.807, 2.05) is 24.7 Å². The predicted molar refractivity (Wildman–Crippen MR) is 99.9 cm³/mol. The van der Waals surface area contributed by atoms with Crippen LogP contribution in [-0.4, -0.2) is 45.9 Å². The summed E-state index contributed by atoms with van der Waals surface area (Å²) in [5.74, 6) is 0. The summed E-state index contributed by atoms with van der Waals surface area (Å²) in [4.78, 5) is 13.8. The number of pyridine rings is 2. The second-order valence-corrected chi connectivity index (χ2v) is 7.73. The molecule has 2 aromatic rings. The summed E-state index contributed by atoms with van der Waals surface area (Å²) >= 11 is 0. The third-order valence-electron chi connectivity index (χ3n) is 6.10. The molecule has 2 fully saturated rings. The van der Waals surface area contributed by atoms with Crippen molar-refractivity contribution in [3.63, 3.8) is 0 Å². The Labute approximate surface area is 150 Å². The van der Waals surface area contributed by atoms with E-state index >= 15 is 0 Å². The summed E-state index contributed by atoms with van der Waals surface area (Å²) in [6, 6.07) is 10.5. The topological polar surface area (TPSA) is 32.3 Å². The lowest BCUT2D eigenvalue weighted by atomic mass is 9.71. The van der Waals surface area contributed by atoms with E-state index in [9.17, 15) is 0 Å². The van der Waals surface area contributed by atoms with Gasteiger partial charge in [0.15, 0.2) is 0 Å². The number of hydrogen-bond donors (Lipinski definition) is 0. The van der Waals surface area contributed by atoms with E-state index in [1.54, 1.807) is 0 Å². The largest absolute Gasteiger partial charge is 0.299 e. The monoisotopic (exact) mass is 336 g/mol. The molecule has 0 amide bonds. The molecule has 0 unspecified atom stereocenters. The molecular formula is C21H28N4. The number of likely N-dealkylation sites (tertiary alicyclic amines) is 2. The maximum Gasteiger partial charge on any atom is 0.0543 e. The fourth-order valence-electron chi connectivity index (χ4n) is 4.34. The first-order valence-corrected chi connectivity index (χ1v) is 9.55. The van der Waals surface area contributed by atoms with E-state index in [2.05, 4.69) is 44.0 Å². The molecule has 25 heavy (non-hydrogen) atoms. The van der Waals surface area contributed by atoms with Crippen LogP contribution >= 0.6 is 0 Å². The van der Waals surface area contributed by atoms with Crippen molar-refractivity contribution in [2.75, 3.05) is 26.2 Å². The number of rotatable bonds is 4. The molecule has 1 spiro atoms. The van der Waals surface area contributed by atoms with Crippen LogP contribution in [0.3, 0.4) is 0 Å². The van der Waals surface area contributed by atoms with Gasteiger partial charge in [-0.3, -0.25) is 19.8 Å². The predicted octanol–water partition coefficient (Wildman–Crippen LogP) is 3.35. The van der Waals surface area contributed by atoms with Crippen molar-refractivity contribution in [1.29, 1.82) is 0 Å². The highest BCUT2D eigenvalue weighted by Gasteiger charge is 2.37. The van der Waals surface area contributed by atoms with E-state index < -0.39 is 0 Å². The highest BCUT2D eigenvalue weighted by molar-refractivity contribution is 5.10. The van der Waals surface area contributed by atoms with E-state index in [1.165, 1.54) is 63.1 Å². The maximum atomic E-state index is 4.47. The van der Waals surface area contributed by atoms with E-state index in [0.717, 1.165) is 13.1 Å². The van der Waals surface area contributed by atoms with Gasteiger partial charge in [-0.1, -0.05) is 6.07 Å². The van der Waals surface area contributed by atoms with E-state index in [-0.39, 0.29) is 0 Å². The second-order valence-electron chi connectivity index (χ2n) is 7.73. The Morgan fingerprint density at radius 1 is 0.760 bits per heavy atom. The van der Waals surface area contributed by atoms with Crippen molar-refractivity contribution in [3.05, 3.63) is 60.2 Å². The van der Waals surface area contributed by atoms with Crippen molar-refractivity contribution in [1.82, 2.24) is 19.8 Å². The van der Waals surface area contributed by atoms with Crippen molar-refractivity contribution in [3.8, 4) is 0 Å². The Morgan fingerprint density at radius 2 is 1.40 bits per heavy atom. The van der Waals surface area contributed by atoms with Crippen LogP contribution < -0.4 is 0 Å². The van der Waals surface area contributed by atoms with E-state index in [4.69, 9.17) is 0 Å². The van der Waals surface area contributed by atoms with Crippen LogP contribution in [-0.2, 0) is 13.1 Å². The zero-order valence-electron chi connectivity index (χ0n) is 15.0. The summed E-state index contributed by atoms with van der Waals surface area (Å²) in [5.41, 5.74) is 3.18. The minimum absolute atomic E-state index is 0.593. The van der Waals surface area contributed by atoms with Gasteiger partial charge in [0.1, 0.15) is 0 Å². The zero-order chi connectivity index (χ0) is 17.0. The molecule has 132 valence electrons. The second kappa shape index (κ2) is 7.63. The third-order valence-corrected chi connectivity index (χ3v) is 6.10. The molecule has 4 heteroatoms. The molecule has 0 radical (unpaired) electrons. The minimum Gasteiger partial charge on any atom is -0.299 e. The van der Waals surface area contributed by atoms with Crippen molar-refractivity contribution in [2.45, 2.75) is 38.8 Å². The van der Waals surface area contributed by atoms with Gasteiger partial charge in [0, 0.05) is 31.7 Å². The van der Waals surface area contributed by atoms with E-state index in [0.29, 0.717) is 5.41 Å². The quantitative estimate of drug-likeness (QED) is 0.857. The average Bonchev–Trinajstić information content (AvgIpc) is 2.68. The lowest BCUT2D eigenvalue weighted by molar-refractivity contribution is 0.0296. The van der Waals surface area contributed by atoms with Gasteiger partial charge < -0.3 is 0 Å². The minimum atomic E-state index is 0.593. The number of aromatic nitrogens is 2. The SMILES string of the molecule is c1ccc(CN2CCC3(CCN(Cc4ccncc4)CC3)CC2)nc1. The standard InChI is InChI=1S/C21H28N4/c1-2-10-23-20(3-1)18-25-15-8-21(9-16-25)6-13-24(14-7-21)17-19-4-11-22-12-5-19/h1-5,10-12H,6-9,13-18H2. The van der Waals surface area contributed by atoms with Crippen molar-refractivity contribution >= 4 is 0 Å². The van der Waals surface area contributed by atoms with Crippen molar-refractivity contribution < 1.29 is 0 Å². The van der Waals surface area contributed by atoms with Crippen LogP contribution in [0.2, 0.25) is 0 Å².